The van der Waals surface area contributed by atoms with E-state index in [0.29, 0.717) is 0 Å². The SMILES string of the molecule is CN(/C(O)=C/[N+]#N)c1ccccc1. The van der Waals surface area contributed by atoms with E-state index in [0.717, 1.165) is 11.9 Å². The summed E-state index contributed by atoms with van der Waals surface area (Å²) in [5.41, 5.74) is 0.819. The number of anilines is 1. The van der Waals surface area contributed by atoms with E-state index in [1.54, 1.807) is 7.05 Å². The molecule has 66 valence electrons. The van der Waals surface area contributed by atoms with Crippen LogP contribution in [0.3, 0.4) is 0 Å². The fourth-order valence-electron chi connectivity index (χ4n) is 0.922. The molecular weight excluding hydrogens is 166 g/mol. The van der Waals surface area contributed by atoms with Gasteiger partial charge in [-0.2, -0.15) is 0 Å². The summed E-state index contributed by atoms with van der Waals surface area (Å²) < 4.78 is 0. The van der Waals surface area contributed by atoms with Gasteiger partial charge < -0.3 is 10.0 Å². The van der Waals surface area contributed by atoms with Crippen LogP contribution in [0.5, 0.6) is 0 Å². The molecule has 0 radical (unpaired) electrons. The van der Waals surface area contributed by atoms with Crippen molar-refractivity contribution in [3.63, 3.8) is 0 Å². The van der Waals surface area contributed by atoms with Gasteiger partial charge in [0, 0.05) is 12.7 Å². The zero-order valence-electron chi connectivity index (χ0n) is 7.25. The van der Waals surface area contributed by atoms with Crippen LogP contribution in [0.1, 0.15) is 0 Å². The second-order valence-corrected chi connectivity index (χ2v) is 2.50. The van der Waals surface area contributed by atoms with Gasteiger partial charge in [-0.05, 0) is 12.1 Å². The van der Waals surface area contributed by atoms with Crippen LogP contribution in [0.25, 0.3) is 4.98 Å². The number of hydrogen-bond acceptors (Lipinski definition) is 3. The maximum absolute atomic E-state index is 9.30. The van der Waals surface area contributed by atoms with Crippen molar-refractivity contribution in [1.29, 1.82) is 5.39 Å². The normalized spacial score (nSPS) is 10.6. The summed E-state index contributed by atoms with van der Waals surface area (Å²) in [4.78, 5) is 4.23. The van der Waals surface area contributed by atoms with Crippen molar-refractivity contribution in [1.82, 2.24) is 0 Å². The van der Waals surface area contributed by atoms with Gasteiger partial charge in [-0.3, -0.25) is 0 Å². The van der Waals surface area contributed by atoms with Crippen molar-refractivity contribution in [2.75, 3.05) is 11.9 Å². The number of hydrogen-bond donors (Lipinski definition) is 1. The molecule has 1 aromatic rings. The summed E-state index contributed by atoms with van der Waals surface area (Å²) in [6.45, 7) is 0. The van der Waals surface area contributed by atoms with Gasteiger partial charge in [0.25, 0.3) is 5.88 Å². The molecule has 1 aromatic carbocycles. The molecule has 4 nitrogen and oxygen atoms in total. The predicted octanol–water partition coefficient (Wildman–Crippen LogP) is 2.33. The lowest BCUT2D eigenvalue weighted by Gasteiger charge is -2.14. The van der Waals surface area contributed by atoms with Crippen LogP contribution in [0.2, 0.25) is 0 Å². The van der Waals surface area contributed by atoms with Crippen LogP contribution in [0, 0.1) is 5.39 Å². The molecule has 0 heterocycles. The van der Waals surface area contributed by atoms with Gasteiger partial charge in [-0.15, -0.1) is 0 Å². The minimum atomic E-state index is -0.117. The molecule has 0 bridgehead atoms. The lowest BCUT2D eigenvalue weighted by molar-refractivity contribution is 0.397. The fraction of sp³-hybridized carbons (Fsp3) is 0.111. The summed E-state index contributed by atoms with van der Waals surface area (Å²) in [6, 6.07) is 9.27. The Labute approximate surface area is 76.4 Å². The zero-order valence-corrected chi connectivity index (χ0v) is 7.25. The van der Waals surface area contributed by atoms with Gasteiger partial charge in [0.15, 0.2) is 4.98 Å². The summed E-state index contributed by atoms with van der Waals surface area (Å²) in [5.74, 6) is -0.117. The first kappa shape index (κ1) is 9.07. The van der Waals surface area contributed by atoms with Crippen molar-refractivity contribution in [3.05, 3.63) is 47.4 Å². The third-order valence-corrected chi connectivity index (χ3v) is 1.66. The van der Waals surface area contributed by atoms with Gasteiger partial charge in [0.05, 0.1) is 0 Å². The van der Waals surface area contributed by atoms with E-state index in [1.165, 1.54) is 4.90 Å². The Morgan fingerprint density at radius 3 is 2.62 bits per heavy atom. The van der Waals surface area contributed by atoms with Crippen LogP contribution >= 0.6 is 0 Å². The molecule has 0 aliphatic rings. The lowest BCUT2D eigenvalue weighted by atomic mass is 10.3. The van der Waals surface area contributed by atoms with Crippen LogP contribution in [-0.2, 0) is 0 Å². The number of benzene rings is 1. The Balaban J connectivity index is 2.87. The van der Waals surface area contributed by atoms with Crippen LogP contribution < -0.4 is 4.90 Å². The molecule has 0 saturated heterocycles. The molecule has 1 rings (SSSR count). The molecule has 0 atom stereocenters. The van der Waals surface area contributed by atoms with Crippen LogP contribution in [-0.4, -0.2) is 12.2 Å². The highest BCUT2D eigenvalue weighted by Crippen LogP contribution is 2.14. The summed E-state index contributed by atoms with van der Waals surface area (Å²) in [5, 5.41) is 17.5. The minimum absolute atomic E-state index is 0.117. The first-order valence-corrected chi connectivity index (χ1v) is 3.78. The topological polar surface area (TPSA) is 51.6 Å². The van der Waals surface area contributed by atoms with E-state index >= 15 is 0 Å². The second kappa shape index (κ2) is 4.12. The Hall–Kier alpha value is -2.02. The third-order valence-electron chi connectivity index (χ3n) is 1.66. The Morgan fingerprint density at radius 1 is 1.46 bits per heavy atom. The zero-order chi connectivity index (χ0) is 9.68. The van der Waals surface area contributed by atoms with Crippen LogP contribution in [0.15, 0.2) is 42.4 Å². The largest absolute Gasteiger partial charge is 0.489 e. The third kappa shape index (κ3) is 2.20. The average molecular weight is 176 g/mol. The van der Waals surface area contributed by atoms with E-state index in [1.807, 2.05) is 30.3 Å². The molecule has 0 aliphatic carbocycles. The van der Waals surface area contributed by atoms with E-state index in [-0.39, 0.29) is 5.88 Å². The van der Waals surface area contributed by atoms with Crippen molar-refractivity contribution in [2.45, 2.75) is 0 Å². The summed E-state index contributed by atoms with van der Waals surface area (Å²) in [7, 11) is 1.67. The molecule has 0 aliphatic heterocycles. The summed E-state index contributed by atoms with van der Waals surface area (Å²) in [6.07, 6.45) is 0.965. The lowest BCUT2D eigenvalue weighted by Crippen LogP contribution is -2.15. The highest BCUT2D eigenvalue weighted by Gasteiger charge is 2.07. The molecule has 1 N–H and O–H groups in total. The Kier molecular flexibility index (Phi) is 2.87. The monoisotopic (exact) mass is 176 g/mol. The van der Waals surface area contributed by atoms with E-state index in [4.69, 9.17) is 5.39 Å². The maximum atomic E-state index is 9.30. The van der Waals surface area contributed by atoms with E-state index < -0.39 is 0 Å². The van der Waals surface area contributed by atoms with Crippen molar-refractivity contribution in [3.8, 4) is 0 Å². The van der Waals surface area contributed by atoms with Crippen molar-refractivity contribution in [2.24, 2.45) is 0 Å². The molecule has 4 heteroatoms. The number of rotatable bonds is 2. The maximum Gasteiger partial charge on any atom is 0.409 e. The molecule has 0 aromatic heterocycles. The van der Waals surface area contributed by atoms with E-state index in [9.17, 15) is 5.11 Å². The van der Waals surface area contributed by atoms with E-state index in [2.05, 4.69) is 4.98 Å². The molecule has 13 heavy (non-hydrogen) atoms. The van der Waals surface area contributed by atoms with Crippen LogP contribution in [0.4, 0.5) is 5.69 Å². The molecule has 0 fully saturated rings. The summed E-state index contributed by atoms with van der Waals surface area (Å²) >= 11 is 0. The Bertz CT molecular complexity index is 340. The molecular formula is C9H10N3O+. The smallest absolute Gasteiger partial charge is 0.409 e. The number of nitrogens with zero attached hydrogens (tertiary/aromatic N) is 3. The number of para-hydroxylation sites is 1. The number of aliphatic hydroxyl groups excluding tert-OH is 1. The fourth-order valence-corrected chi connectivity index (χ4v) is 0.922. The molecule has 0 unspecified atom stereocenters. The van der Waals surface area contributed by atoms with Crippen molar-refractivity contribution < 1.29 is 5.11 Å². The van der Waals surface area contributed by atoms with Gasteiger partial charge in [-0.25, -0.2) is 0 Å². The van der Waals surface area contributed by atoms with Gasteiger partial charge in [-0.1, -0.05) is 18.2 Å². The highest BCUT2D eigenvalue weighted by atomic mass is 16.3. The molecule has 0 saturated carbocycles. The standard InChI is InChI=1S/C9H9N3O/c1-12(9(13)7-11-10)8-5-3-2-4-6-8/h2-7H,1H3/p+1/b9-7-. The average Bonchev–Trinajstić information content (AvgIpc) is 2.18. The number of diazo groups is 1. The first-order chi connectivity index (χ1) is 6.25. The minimum Gasteiger partial charge on any atom is -0.489 e. The van der Waals surface area contributed by atoms with Crippen molar-refractivity contribution >= 4 is 5.69 Å². The highest BCUT2D eigenvalue weighted by molar-refractivity contribution is 5.49. The Morgan fingerprint density at radius 2 is 2.08 bits per heavy atom. The predicted molar refractivity (Wildman–Crippen MR) is 50.6 cm³/mol. The number of aliphatic hydroxyl groups is 1. The molecule has 0 spiro atoms. The van der Waals surface area contributed by atoms with Gasteiger partial charge in [0.1, 0.15) is 0 Å². The quantitative estimate of drug-likeness (QED) is 0.555. The second-order valence-electron chi connectivity index (χ2n) is 2.50. The first-order valence-electron chi connectivity index (χ1n) is 3.78. The van der Waals surface area contributed by atoms with Gasteiger partial charge >= 0.3 is 6.20 Å². The molecule has 0 amide bonds. The van der Waals surface area contributed by atoms with Gasteiger partial charge in [0.2, 0.25) is 5.39 Å².